The number of hydrogen-bond donors (Lipinski definition) is 3. The minimum absolute atomic E-state index is 0.131. The Bertz CT molecular complexity index is 712. The summed E-state index contributed by atoms with van der Waals surface area (Å²) in [6.07, 6.45) is 1.87. The molecule has 6 heteroatoms. The number of carbonyl (C=O) groups is 1. The Labute approximate surface area is 144 Å². The highest BCUT2D eigenvalue weighted by Crippen LogP contribution is 2.47. The molecule has 1 aromatic carbocycles. The SMILES string of the molecule is CC(O)(CNC(=O)NCC1(c2cccc(F)c2)CC1)c1cccs1. The Morgan fingerprint density at radius 1 is 1.33 bits per heavy atom. The first-order valence-corrected chi connectivity index (χ1v) is 8.83. The van der Waals surface area contributed by atoms with Gasteiger partial charge in [-0.3, -0.25) is 0 Å². The molecule has 2 aromatic rings. The average Bonchev–Trinajstić information content (AvgIpc) is 3.13. The third kappa shape index (κ3) is 3.76. The van der Waals surface area contributed by atoms with Crippen LogP contribution in [-0.2, 0) is 11.0 Å². The van der Waals surface area contributed by atoms with Gasteiger partial charge in [0, 0.05) is 16.8 Å². The second kappa shape index (κ2) is 6.53. The first-order chi connectivity index (χ1) is 11.4. The predicted octanol–water partition coefficient (Wildman–Crippen LogP) is 3.13. The Kier molecular flexibility index (Phi) is 4.60. The molecule has 1 heterocycles. The molecule has 1 aliphatic carbocycles. The van der Waals surface area contributed by atoms with Crippen molar-refractivity contribution in [3.8, 4) is 0 Å². The number of halogens is 1. The number of thiophene rings is 1. The Balaban J connectivity index is 1.51. The zero-order chi connectivity index (χ0) is 17.2. The molecular formula is C18H21FN2O2S. The van der Waals surface area contributed by atoms with Crippen LogP contribution in [0.4, 0.5) is 9.18 Å². The maximum Gasteiger partial charge on any atom is 0.314 e. The lowest BCUT2D eigenvalue weighted by atomic mass is 9.96. The van der Waals surface area contributed by atoms with Crippen LogP contribution in [0.15, 0.2) is 41.8 Å². The van der Waals surface area contributed by atoms with Gasteiger partial charge in [0.05, 0.1) is 6.54 Å². The van der Waals surface area contributed by atoms with E-state index < -0.39 is 5.60 Å². The lowest BCUT2D eigenvalue weighted by Crippen LogP contribution is -2.45. The predicted molar refractivity (Wildman–Crippen MR) is 92.6 cm³/mol. The lowest BCUT2D eigenvalue weighted by molar-refractivity contribution is 0.0631. The van der Waals surface area contributed by atoms with Crippen molar-refractivity contribution < 1.29 is 14.3 Å². The van der Waals surface area contributed by atoms with E-state index in [0.29, 0.717) is 6.54 Å². The molecule has 0 radical (unpaired) electrons. The van der Waals surface area contributed by atoms with Crippen molar-refractivity contribution in [3.05, 3.63) is 58.0 Å². The highest BCUT2D eigenvalue weighted by atomic mass is 32.1. The van der Waals surface area contributed by atoms with Crippen LogP contribution in [-0.4, -0.2) is 24.2 Å². The van der Waals surface area contributed by atoms with E-state index in [0.717, 1.165) is 23.3 Å². The van der Waals surface area contributed by atoms with Gasteiger partial charge in [0.25, 0.3) is 0 Å². The smallest absolute Gasteiger partial charge is 0.314 e. The number of rotatable bonds is 6. The molecule has 0 bridgehead atoms. The zero-order valence-corrected chi connectivity index (χ0v) is 14.3. The molecule has 0 saturated heterocycles. The van der Waals surface area contributed by atoms with Crippen LogP contribution in [0.1, 0.15) is 30.2 Å². The third-order valence-corrected chi connectivity index (χ3v) is 5.65. The van der Waals surface area contributed by atoms with E-state index in [1.54, 1.807) is 13.0 Å². The molecule has 4 nitrogen and oxygen atoms in total. The highest BCUT2D eigenvalue weighted by molar-refractivity contribution is 7.10. The maximum atomic E-state index is 13.4. The third-order valence-electron chi connectivity index (χ3n) is 4.52. The number of amides is 2. The van der Waals surface area contributed by atoms with Crippen molar-refractivity contribution in [2.45, 2.75) is 30.8 Å². The van der Waals surface area contributed by atoms with Crippen molar-refractivity contribution in [2.75, 3.05) is 13.1 Å². The highest BCUT2D eigenvalue weighted by Gasteiger charge is 2.44. The number of urea groups is 1. The van der Waals surface area contributed by atoms with Crippen molar-refractivity contribution >= 4 is 17.4 Å². The number of benzene rings is 1. The molecule has 1 unspecified atom stereocenters. The van der Waals surface area contributed by atoms with Crippen molar-refractivity contribution in [1.82, 2.24) is 10.6 Å². The van der Waals surface area contributed by atoms with Gasteiger partial charge in [-0.15, -0.1) is 11.3 Å². The van der Waals surface area contributed by atoms with Crippen LogP contribution in [0.25, 0.3) is 0 Å². The Morgan fingerprint density at radius 3 is 2.75 bits per heavy atom. The Morgan fingerprint density at radius 2 is 2.12 bits per heavy atom. The summed E-state index contributed by atoms with van der Waals surface area (Å²) in [5.74, 6) is -0.254. The van der Waals surface area contributed by atoms with Gasteiger partial charge < -0.3 is 15.7 Å². The molecule has 1 aliphatic rings. The summed E-state index contributed by atoms with van der Waals surface area (Å²) < 4.78 is 13.4. The quantitative estimate of drug-likeness (QED) is 0.751. The fourth-order valence-electron chi connectivity index (χ4n) is 2.77. The molecular weight excluding hydrogens is 327 g/mol. The molecule has 3 rings (SSSR count). The number of aliphatic hydroxyl groups is 1. The molecule has 3 N–H and O–H groups in total. The molecule has 0 spiro atoms. The summed E-state index contributed by atoms with van der Waals surface area (Å²) in [6.45, 7) is 2.27. The van der Waals surface area contributed by atoms with Gasteiger partial charge in [-0.2, -0.15) is 0 Å². The first-order valence-electron chi connectivity index (χ1n) is 7.95. The number of nitrogens with one attached hydrogen (secondary N) is 2. The van der Waals surface area contributed by atoms with Gasteiger partial charge in [-0.05, 0) is 48.9 Å². The maximum absolute atomic E-state index is 13.4. The molecule has 24 heavy (non-hydrogen) atoms. The summed E-state index contributed by atoms with van der Waals surface area (Å²) in [5.41, 5.74) is -0.325. The van der Waals surface area contributed by atoms with Gasteiger partial charge >= 0.3 is 6.03 Å². The first kappa shape index (κ1) is 16.9. The summed E-state index contributed by atoms with van der Waals surface area (Å²) in [6, 6.07) is 9.94. The van der Waals surface area contributed by atoms with Gasteiger partial charge in [-0.1, -0.05) is 18.2 Å². The van der Waals surface area contributed by atoms with Crippen LogP contribution in [0, 0.1) is 5.82 Å². The van der Waals surface area contributed by atoms with Gasteiger partial charge in [-0.25, -0.2) is 9.18 Å². The van der Waals surface area contributed by atoms with E-state index in [1.165, 1.54) is 23.5 Å². The monoisotopic (exact) mass is 348 g/mol. The summed E-state index contributed by atoms with van der Waals surface area (Å²) in [7, 11) is 0. The summed E-state index contributed by atoms with van der Waals surface area (Å²) in [4.78, 5) is 12.8. The van der Waals surface area contributed by atoms with Crippen molar-refractivity contribution in [2.24, 2.45) is 0 Å². The van der Waals surface area contributed by atoms with Crippen LogP contribution < -0.4 is 10.6 Å². The van der Waals surface area contributed by atoms with Crippen molar-refractivity contribution in [3.63, 3.8) is 0 Å². The molecule has 1 atom stereocenters. The number of hydrogen-bond acceptors (Lipinski definition) is 3. The topological polar surface area (TPSA) is 61.4 Å². The molecule has 1 fully saturated rings. The molecule has 1 aromatic heterocycles. The van der Waals surface area contributed by atoms with Gasteiger partial charge in [0.1, 0.15) is 11.4 Å². The summed E-state index contributed by atoms with van der Waals surface area (Å²) in [5, 5.41) is 17.8. The van der Waals surface area contributed by atoms with E-state index in [2.05, 4.69) is 10.6 Å². The van der Waals surface area contributed by atoms with Crippen LogP contribution in [0.2, 0.25) is 0 Å². The zero-order valence-electron chi connectivity index (χ0n) is 13.5. The van der Waals surface area contributed by atoms with E-state index in [-0.39, 0.29) is 23.8 Å². The van der Waals surface area contributed by atoms with Crippen LogP contribution >= 0.6 is 11.3 Å². The second-order valence-corrected chi connectivity index (χ2v) is 7.53. The Hall–Kier alpha value is -1.92. The van der Waals surface area contributed by atoms with Crippen LogP contribution in [0.3, 0.4) is 0 Å². The average molecular weight is 348 g/mol. The number of carbonyl (C=O) groups excluding carboxylic acids is 1. The van der Waals surface area contributed by atoms with E-state index >= 15 is 0 Å². The van der Waals surface area contributed by atoms with Crippen LogP contribution in [0.5, 0.6) is 0 Å². The lowest BCUT2D eigenvalue weighted by Gasteiger charge is -2.23. The standard InChI is InChI=1S/C18H21FN2O2S/c1-17(23,15-6-3-9-24-15)11-20-16(22)21-12-18(7-8-18)13-4-2-5-14(19)10-13/h2-6,9-10,23H,7-8,11-12H2,1H3,(H2,20,21,22). The molecule has 1 saturated carbocycles. The largest absolute Gasteiger partial charge is 0.383 e. The van der Waals surface area contributed by atoms with E-state index in [1.807, 2.05) is 23.6 Å². The normalized spacial score (nSPS) is 17.8. The minimum atomic E-state index is -1.09. The fraction of sp³-hybridized carbons (Fsp3) is 0.389. The molecule has 128 valence electrons. The molecule has 0 aliphatic heterocycles. The van der Waals surface area contributed by atoms with E-state index in [9.17, 15) is 14.3 Å². The molecule has 2 amide bonds. The second-order valence-electron chi connectivity index (χ2n) is 6.58. The summed E-state index contributed by atoms with van der Waals surface area (Å²) >= 11 is 1.45. The van der Waals surface area contributed by atoms with Crippen molar-refractivity contribution in [1.29, 1.82) is 0 Å². The minimum Gasteiger partial charge on any atom is -0.383 e. The van der Waals surface area contributed by atoms with E-state index in [4.69, 9.17) is 0 Å². The van der Waals surface area contributed by atoms with Gasteiger partial charge in [0.15, 0.2) is 0 Å². The van der Waals surface area contributed by atoms with Gasteiger partial charge in [0.2, 0.25) is 0 Å². The fourth-order valence-corrected chi connectivity index (χ4v) is 3.56.